The summed E-state index contributed by atoms with van der Waals surface area (Å²) in [7, 11) is -6.95. The second kappa shape index (κ2) is 24.1. The molecule has 2 aromatic rings. The van der Waals surface area contributed by atoms with Gasteiger partial charge in [-0.05, 0) is 104 Å². The van der Waals surface area contributed by atoms with Gasteiger partial charge in [0.05, 0.1) is 71.1 Å². The third kappa shape index (κ3) is 14.4. The highest BCUT2D eigenvalue weighted by atomic mass is 127. The summed E-state index contributed by atoms with van der Waals surface area (Å²) in [6, 6.07) is 14.2. The normalized spacial score (nSPS) is 26.9. The van der Waals surface area contributed by atoms with E-state index in [1.54, 1.807) is 49.6 Å². The summed E-state index contributed by atoms with van der Waals surface area (Å²) >= 11 is 2.38. The lowest BCUT2D eigenvalue weighted by molar-refractivity contribution is -0.155. The topological polar surface area (TPSA) is 173 Å². The molecule has 394 valence electrons. The zero-order valence-corrected chi connectivity index (χ0v) is 48.8. The molecular formula is C53H83IO13SSi2. The van der Waals surface area contributed by atoms with Crippen molar-refractivity contribution in [3.63, 3.8) is 0 Å². The highest BCUT2D eigenvalue weighted by Gasteiger charge is 2.53. The van der Waals surface area contributed by atoms with Crippen molar-refractivity contribution in [2.45, 2.75) is 195 Å². The van der Waals surface area contributed by atoms with Gasteiger partial charge in [0.1, 0.15) is 11.7 Å². The fourth-order valence-corrected chi connectivity index (χ4v) is 14.7. The third-order valence-electron chi connectivity index (χ3n) is 15.9. The Morgan fingerprint density at radius 1 is 0.886 bits per heavy atom. The minimum absolute atomic E-state index is 0.0129. The number of sulfone groups is 1. The van der Waals surface area contributed by atoms with Gasteiger partial charge in [0, 0.05) is 43.3 Å². The molecule has 70 heavy (non-hydrogen) atoms. The molecule has 5 rings (SSSR count). The molecule has 0 bridgehead atoms. The fraction of sp³-hybridized carbons (Fsp3) is 0.698. The van der Waals surface area contributed by atoms with Crippen molar-refractivity contribution in [3.05, 3.63) is 77.9 Å². The predicted molar refractivity (Wildman–Crippen MR) is 287 cm³/mol. The molecule has 11 atom stereocenters. The van der Waals surface area contributed by atoms with Gasteiger partial charge >= 0.3 is 11.9 Å². The van der Waals surface area contributed by atoms with Gasteiger partial charge in [-0.1, -0.05) is 108 Å². The van der Waals surface area contributed by atoms with Crippen LogP contribution in [0.2, 0.25) is 36.3 Å². The van der Waals surface area contributed by atoms with E-state index in [9.17, 15) is 28.2 Å². The lowest BCUT2D eigenvalue weighted by Crippen LogP contribution is -2.50. The molecule has 2 unspecified atom stereocenters. The number of hydrogen-bond donors (Lipinski definition) is 2. The number of alkyl halides is 1. The van der Waals surface area contributed by atoms with E-state index in [1.807, 2.05) is 6.92 Å². The third-order valence-corrected chi connectivity index (χ3v) is 28.1. The summed E-state index contributed by atoms with van der Waals surface area (Å²) in [5.74, 6) is -3.41. The van der Waals surface area contributed by atoms with Crippen LogP contribution in [0.1, 0.15) is 121 Å². The van der Waals surface area contributed by atoms with Gasteiger partial charge in [0.25, 0.3) is 0 Å². The van der Waals surface area contributed by atoms with Crippen LogP contribution >= 0.6 is 22.6 Å². The van der Waals surface area contributed by atoms with Crippen LogP contribution in [0.25, 0.3) is 0 Å². The minimum atomic E-state index is -3.90. The van der Waals surface area contributed by atoms with Crippen molar-refractivity contribution >= 4 is 61.0 Å². The molecule has 3 saturated heterocycles. The summed E-state index contributed by atoms with van der Waals surface area (Å²) in [6.07, 6.45) is 0.912. The maximum atomic E-state index is 14.4. The van der Waals surface area contributed by atoms with Gasteiger partial charge < -0.3 is 42.7 Å². The first kappa shape index (κ1) is 58.8. The van der Waals surface area contributed by atoms with Crippen LogP contribution in [0.3, 0.4) is 0 Å². The van der Waals surface area contributed by atoms with E-state index in [1.165, 1.54) is 12.1 Å². The lowest BCUT2D eigenvalue weighted by atomic mass is 9.83. The summed E-state index contributed by atoms with van der Waals surface area (Å²) in [6.45, 7) is 29.0. The van der Waals surface area contributed by atoms with Crippen LogP contribution < -0.4 is 0 Å². The number of rotatable bonds is 24. The highest BCUT2D eigenvalue weighted by Crippen LogP contribution is 2.47. The average molecular weight is 1140 g/mol. The summed E-state index contributed by atoms with van der Waals surface area (Å²) < 4.78 is 76.8. The number of halogens is 1. The van der Waals surface area contributed by atoms with Crippen LogP contribution in [0.5, 0.6) is 0 Å². The van der Waals surface area contributed by atoms with Crippen molar-refractivity contribution in [1.29, 1.82) is 0 Å². The minimum Gasteiger partial charge on any atom is -0.478 e. The van der Waals surface area contributed by atoms with Gasteiger partial charge in [0.15, 0.2) is 26.5 Å². The van der Waals surface area contributed by atoms with Crippen LogP contribution in [-0.2, 0) is 42.4 Å². The fourth-order valence-electron chi connectivity index (χ4n) is 9.66. The van der Waals surface area contributed by atoms with Crippen LogP contribution in [0.4, 0.5) is 0 Å². The number of carbonyl (C=O) groups is 2. The maximum Gasteiger partial charge on any atom is 0.339 e. The van der Waals surface area contributed by atoms with Crippen molar-refractivity contribution in [1.82, 2.24) is 0 Å². The highest BCUT2D eigenvalue weighted by molar-refractivity contribution is 14.1. The van der Waals surface area contributed by atoms with Crippen molar-refractivity contribution < 1.29 is 60.8 Å². The Balaban J connectivity index is 1.52. The van der Waals surface area contributed by atoms with E-state index in [4.69, 9.17) is 32.5 Å². The number of aliphatic hydroxyl groups is 1. The number of ether oxygens (including phenoxy) is 5. The number of carboxylic acid groups (broad SMARTS) is 1. The SMILES string of the molecule is C=C([C@H](C)CC1CC[C@@H]2O[C@@H](CCCO)C[C@]2(CI)O1)[C@@H](C[C@@H]1O[C@H](CC(CO[Si](C)(C)C(C)(C)C)O[Si](C)(C)C(C)(C)C)[C@H](OC)[C@H]1CS(=O)(=O)c1ccccc1)OC(=O)c1ccccc1C(=O)O. The van der Waals surface area contributed by atoms with Gasteiger partial charge in [-0.3, -0.25) is 0 Å². The summed E-state index contributed by atoms with van der Waals surface area (Å²) in [4.78, 5) is 26.8. The summed E-state index contributed by atoms with van der Waals surface area (Å²) in [5.41, 5.74) is -0.199. The number of benzene rings is 2. The van der Waals surface area contributed by atoms with E-state index in [0.717, 1.165) is 30.1 Å². The first-order valence-corrected chi connectivity index (χ1v) is 34.1. The van der Waals surface area contributed by atoms with Crippen molar-refractivity contribution in [2.24, 2.45) is 11.8 Å². The second-order valence-electron chi connectivity index (χ2n) is 23.0. The number of hydrogen-bond acceptors (Lipinski definition) is 12. The van der Waals surface area contributed by atoms with E-state index < -0.39 is 80.4 Å². The molecule has 3 aliphatic heterocycles. The van der Waals surface area contributed by atoms with Gasteiger partial charge in [-0.15, -0.1) is 0 Å². The Bertz CT molecular complexity index is 2180. The van der Waals surface area contributed by atoms with E-state index >= 15 is 0 Å². The predicted octanol–water partition coefficient (Wildman–Crippen LogP) is 10.8. The van der Waals surface area contributed by atoms with Crippen LogP contribution in [-0.4, -0.2) is 132 Å². The molecule has 0 radical (unpaired) electrons. The van der Waals surface area contributed by atoms with Gasteiger partial charge in [-0.25, -0.2) is 18.0 Å². The Morgan fingerprint density at radius 3 is 2.10 bits per heavy atom. The standard InChI is InChI=1S/C53H83IO13SSi2/c1-35(28-37-25-26-47-53(34-54,66-37)31-38(63-47)20-19-27-55)36(2)44(65-50(58)42-24-18-17-23-41(42)49(56)57)30-45-43(33-68(59,60)40-21-15-14-16-22-40)48(61-9)46(64-45)29-39(67-70(12,13)52(6,7)8)32-62-69(10,11)51(3,4)5/h14-18,21-24,35,37-39,43-48,55H,2,19-20,25-34H2,1,3-13H3,(H,56,57)/t35-,37?,38+,39?,43+,44-,45+,46-,47+,48-,53-/m1/s1. The monoisotopic (exact) mass is 1140 g/mol. The van der Waals surface area contributed by atoms with Gasteiger partial charge in [-0.2, -0.15) is 0 Å². The number of esters is 1. The number of aliphatic hydroxyl groups excluding tert-OH is 1. The molecule has 13 nitrogen and oxygen atoms in total. The smallest absolute Gasteiger partial charge is 0.339 e. The quantitative estimate of drug-likeness (QED) is 0.0335. The lowest BCUT2D eigenvalue weighted by Gasteiger charge is -2.42. The number of methoxy groups -OCH3 is 1. The summed E-state index contributed by atoms with van der Waals surface area (Å²) in [5, 5.41) is 19.4. The molecule has 0 aromatic heterocycles. The molecule has 0 saturated carbocycles. The van der Waals surface area contributed by atoms with E-state index in [2.05, 4.69) is 96.9 Å². The molecule has 0 aliphatic carbocycles. The molecule has 3 fully saturated rings. The zero-order valence-electron chi connectivity index (χ0n) is 43.8. The Morgan fingerprint density at radius 2 is 1.51 bits per heavy atom. The first-order chi connectivity index (χ1) is 32.6. The molecule has 3 heterocycles. The van der Waals surface area contributed by atoms with E-state index in [0.29, 0.717) is 31.4 Å². The number of fused-ring (bicyclic) bond motifs is 1. The molecule has 0 amide bonds. The van der Waals surface area contributed by atoms with Crippen LogP contribution in [0, 0.1) is 11.8 Å². The largest absolute Gasteiger partial charge is 0.478 e. The average Bonchev–Trinajstić information content (AvgIpc) is 3.82. The maximum absolute atomic E-state index is 14.4. The zero-order chi connectivity index (χ0) is 52.0. The molecule has 3 aliphatic rings. The molecule has 2 N–H and O–H groups in total. The van der Waals surface area contributed by atoms with Crippen molar-refractivity contribution in [3.8, 4) is 0 Å². The van der Waals surface area contributed by atoms with Crippen molar-refractivity contribution in [2.75, 3.05) is 30.5 Å². The van der Waals surface area contributed by atoms with Crippen LogP contribution in [0.15, 0.2) is 71.6 Å². The Hall–Kier alpha value is -2.05. The Kier molecular flexibility index (Phi) is 20.2. The number of carboxylic acids is 1. The Labute approximate surface area is 434 Å². The van der Waals surface area contributed by atoms with Gasteiger partial charge in [0.2, 0.25) is 0 Å². The number of carbonyl (C=O) groups excluding carboxylic acids is 1. The number of aromatic carboxylic acids is 1. The molecular weight excluding hydrogens is 1060 g/mol. The van der Waals surface area contributed by atoms with E-state index in [-0.39, 0.29) is 69.1 Å². The molecule has 0 spiro atoms. The molecule has 2 aromatic carbocycles. The first-order valence-electron chi connectivity index (χ1n) is 25.1. The second-order valence-corrected chi connectivity index (χ2v) is 35.4. The molecule has 17 heteroatoms.